The summed E-state index contributed by atoms with van der Waals surface area (Å²) in [7, 11) is 1.98. The Morgan fingerprint density at radius 2 is 1.85 bits per heavy atom. The van der Waals surface area contributed by atoms with Crippen LogP contribution in [0.4, 0.5) is 11.4 Å². The molecule has 0 unspecified atom stereocenters. The average Bonchev–Trinajstić information content (AvgIpc) is 2.85. The van der Waals surface area contributed by atoms with E-state index >= 15 is 0 Å². The molecule has 108 valence electrons. The van der Waals surface area contributed by atoms with Crippen molar-refractivity contribution in [1.29, 1.82) is 0 Å². The lowest BCUT2D eigenvalue weighted by atomic mass is 10.1. The lowest BCUT2D eigenvalue weighted by Crippen LogP contribution is -2.30. The van der Waals surface area contributed by atoms with Crippen molar-refractivity contribution < 1.29 is 10.2 Å². The molecule has 5 nitrogen and oxygen atoms in total. The molecule has 0 radical (unpaired) electrons. The molecule has 1 aromatic heterocycles. The molecule has 0 spiro atoms. The number of nitrogen functional groups attached to an aromatic ring is 1. The minimum absolute atomic E-state index is 0.0386. The summed E-state index contributed by atoms with van der Waals surface area (Å²) in [5.74, 6) is 0. The second-order valence-corrected chi connectivity index (χ2v) is 4.72. The van der Waals surface area contributed by atoms with Crippen molar-refractivity contribution in [3.63, 3.8) is 0 Å². The van der Waals surface area contributed by atoms with Crippen molar-refractivity contribution >= 4 is 11.4 Å². The molecule has 2 aromatic rings. The number of hydrogen-bond donors (Lipinski definition) is 3. The number of nitrogens with zero attached hydrogens (tertiary/aromatic N) is 2. The molecule has 0 bridgehead atoms. The Morgan fingerprint density at radius 1 is 1.15 bits per heavy atom. The van der Waals surface area contributed by atoms with E-state index in [4.69, 9.17) is 5.73 Å². The monoisotopic (exact) mass is 275 g/mol. The molecule has 1 aromatic carbocycles. The quantitative estimate of drug-likeness (QED) is 0.689. The van der Waals surface area contributed by atoms with Crippen LogP contribution in [0.5, 0.6) is 0 Å². The Morgan fingerprint density at radius 3 is 2.40 bits per heavy atom. The van der Waals surface area contributed by atoms with Crippen molar-refractivity contribution in [2.24, 2.45) is 7.05 Å². The van der Waals surface area contributed by atoms with Gasteiger partial charge in [-0.05, 0) is 30.3 Å². The SMILES string of the molecule is Cn1cccc1-c1cc(N)ccc1N(CCO)CCO. The van der Waals surface area contributed by atoms with Crippen LogP contribution in [0.2, 0.25) is 0 Å². The lowest BCUT2D eigenvalue weighted by molar-refractivity contribution is 0.281. The molecule has 0 fully saturated rings. The third kappa shape index (κ3) is 2.95. The molecule has 4 N–H and O–H groups in total. The topological polar surface area (TPSA) is 74.7 Å². The number of benzene rings is 1. The number of aryl methyl sites for hydroxylation is 1. The van der Waals surface area contributed by atoms with Gasteiger partial charge in [0, 0.05) is 49.0 Å². The van der Waals surface area contributed by atoms with Crippen LogP contribution in [0.25, 0.3) is 11.3 Å². The minimum Gasteiger partial charge on any atom is -0.399 e. The average molecular weight is 275 g/mol. The zero-order chi connectivity index (χ0) is 14.5. The van der Waals surface area contributed by atoms with Gasteiger partial charge in [-0.25, -0.2) is 0 Å². The van der Waals surface area contributed by atoms with E-state index in [9.17, 15) is 10.2 Å². The maximum Gasteiger partial charge on any atom is 0.0606 e. The van der Waals surface area contributed by atoms with Gasteiger partial charge in [0.05, 0.1) is 13.2 Å². The summed E-state index contributed by atoms with van der Waals surface area (Å²) < 4.78 is 2.02. The van der Waals surface area contributed by atoms with Crippen LogP contribution >= 0.6 is 0 Å². The fourth-order valence-corrected chi connectivity index (χ4v) is 2.37. The maximum atomic E-state index is 9.20. The fourth-order valence-electron chi connectivity index (χ4n) is 2.37. The van der Waals surface area contributed by atoms with Crippen LogP contribution in [-0.4, -0.2) is 41.1 Å². The van der Waals surface area contributed by atoms with Crippen molar-refractivity contribution in [1.82, 2.24) is 4.57 Å². The lowest BCUT2D eigenvalue weighted by Gasteiger charge is -2.26. The summed E-state index contributed by atoms with van der Waals surface area (Å²) >= 11 is 0. The van der Waals surface area contributed by atoms with Gasteiger partial charge in [-0.1, -0.05) is 0 Å². The molecule has 20 heavy (non-hydrogen) atoms. The van der Waals surface area contributed by atoms with Crippen LogP contribution in [0.1, 0.15) is 0 Å². The molecule has 1 heterocycles. The number of anilines is 2. The standard InChI is InChI=1S/C15H21N3O2/c1-17-6-2-3-14(17)13-11-12(16)4-5-15(13)18(7-9-19)8-10-20/h2-6,11,19-20H,7-10,16H2,1H3. The van der Waals surface area contributed by atoms with Gasteiger partial charge in [-0.15, -0.1) is 0 Å². The molecule has 0 aliphatic carbocycles. The first kappa shape index (κ1) is 14.4. The highest BCUT2D eigenvalue weighted by molar-refractivity contribution is 5.80. The Bertz CT molecular complexity index is 560. The highest BCUT2D eigenvalue weighted by Crippen LogP contribution is 2.32. The van der Waals surface area contributed by atoms with Gasteiger partial charge in [0.1, 0.15) is 0 Å². The van der Waals surface area contributed by atoms with E-state index < -0.39 is 0 Å². The first-order chi connectivity index (χ1) is 9.67. The van der Waals surface area contributed by atoms with Crippen molar-refractivity contribution in [3.8, 4) is 11.3 Å². The van der Waals surface area contributed by atoms with Gasteiger partial charge in [0.2, 0.25) is 0 Å². The highest BCUT2D eigenvalue weighted by atomic mass is 16.3. The molecule has 5 heteroatoms. The Balaban J connectivity index is 2.49. The third-order valence-corrected chi connectivity index (χ3v) is 3.32. The van der Waals surface area contributed by atoms with E-state index in [-0.39, 0.29) is 13.2 Å². The molecule has 0 aliphatic heterocycles. The van der Waals surface area contributed by atoms with Gasteiger partial charge in [0.25, 0.3) is 0 Å². The predicted molar refractivity (Wildman–Crippen MR) is 81.6 cm³/mol. The van der Waals surface area contributed by atoms with Crippen LogP contribution in [0.15, 0.2) is 36.5 Å². The van der Waals surface area contributed by atoms with Gasteiger partial charge in [0.15, 0.2) is 0 Å². The summed E-state index contributed by atoms with van der Waals surface area (Å²) in [4.78, 5) is 1.96. The molecule has 0 saturated heterocycles. The molecular formula is C15H21N3O2. The Labute approximate surface area is 118 Å². The third-order valence-electron chi connectivity index (χ3n) is 3.32. The Kier molecular flexibility index (Phi) is 4.65. The maximum absolute atomic E-state index is 9.20. The molecule has 0 atom stereocenters. The highest BCUT2D eigenvalue weighted by Gasteiger charge is 2.14. The van der Waals surface area contributed by atoms with E-state index in [1.54, 1.807) is 0 Å². The summed E-state index contributed by atoms with van der Waals surface area (Å²) in [5.41, 5.74) is 9.61. The molecule has 0 saturated carbocycles. The van der Waals surface area contributed by atoms with Gasteiger partial charge >= 0.3 is 0 Å². The number of rotatable bonds is 6. The molecule has 0 aliphatic rings. The minimum atomic E-state index is 0.0386. The van der Waals surface area contributed by atoms with E-state index in [0.29, 0.717) is 18.8 Å². The van der Waals surface area contributed by atoms with Gasteiger partial charge < -0.3 is 25.4 Å². The zero-order valence-electron chi connectivity index (χ0n) is 11.7. The van der Waals surface area contributed by atoms with Gasteiger partial charge in [-0.2, -0.15) is 0 Å². The van der Waals surface area contributed by atoms with Crippen LogP contribution in [0, 0.1) is 0 Å². The van der Waals surface area contributed by atoms with Crippen LogP contribution in [0.3, 0.4) is 0 Å². The second kappa shape index (κ2) is 6.45. The van der Waals surface area contributed by atoms with E-state index in [2.05, 4.69) is 0 Å². The molecule has 0 amide bonds. The van der Waals surface area contributed by atoms with Crippen molar-refractivity contribution in [2.45, 2.75) is 0 Å². The van der Waals surface area contributed by atoms with E-state index in [1.165, 1.54) is 0 Å². The smallest absolute Gasteiger partial charge is 0.0606 e. The molecular weight excluding hydrogens is 254 g/mol. The first-order valence-corrected chi connectivity index (χ1v) is 6.65. The fraction of sp³-hybridized carbons (Fsp3) is 0.333. The summed E-state index contributed by atoms with van der Waals surface area (Å²) in [6, 6.07) is 9.69. The normalized spacial score (nSPS) is 10.8. The predicted octanol–water partition coefficient (Wildman–Crippen LogP) is 1.07. The summed E-state index contributed by atoms with van der Waals surface area (Å²) in [6.45, 7) is 1.03. The van der Waals surface area contributed by atoms with Crippen molar-refractivity contribution in [3.05, 3.63) is 36.5 Å². The van der Waals surface area contributed by atoms with Crippen LogP contribution in [-0.2, 0) is 7.05 Å². The van der Waals surface area contributed by atoms with E-state index in [0.717, 1.165) is 16.9 Å². The first-order valence-electron chi connectivity index (χ1n) is 6.65. The van der Waals surface area contributed by atoms with E-state index in [1.807, 2.05) is 53.0 Å². The largest absolute Gasteiger partial charge is 0.399 e. The molecule has 2 rings (SSSR count). The van der Waals surface area contributed by atoms with Gasteiger partial charge in [-0.3, -0.25) is 0 Å². The second-order valence-electron chi connectivity index (χ2n) is 4.72. The number of nitrogens with two attached hydrogens (primary N) is 1. The number of aliphatic hydroxyl groups excluding tert-OH is 2. The van der Waals surface area contributed by atoms with Crippen molar-refractivity contribution in [2.75, 3.05) is 36.9 Å². The zero-order valence-corrected chi connectivity index (χ0v) is 11.7. The van der Waals surface area contributed by atoms with Crippen LogP contribution < -0.4 is 10.6 Å². The number of aliphatic hydroxyl groups is 2. The number of aromatic nitrogens is 1. The summed E-state index contributed by atoms with van der Waals surface area (Å²) in [5, 5.41) is 18.4. The number of hydrogen-bond acceptors (Lipinski definition) is 4. The summed E-state index contributed by atoms with van der Waals surface area (Å²) in [6.07, 6.45) is 1.98. The Hall–Kier alpha value is -1.98.